The van der Waals surface area contributed by atoms with Crippen molar-refractivity contribution in [3.8, 4) is 0 Å². The molecule has 0 saturated heterocycles. The average Bonchev–Trinajstić information content (AvgIpc) is 2.43. The minimum atomic E-state index is -3.52. The summed E-state index contributed by atoms with van der Waals surface area (Å²) < 4.78 is 26.3. The summed E-state index contributed by atoms with van der Waals surface area (Å²) in [6.07, 6.45) is 2.53. The third-order valence-electron chi connectivity index (χ3n) is 3.47. The Labute approximate surface area is 149 Å². The number of rotatable bonds is 7. The number of hydrogen-bond donors (Lipinski definition) is 1. The molecule has 2 N–H and O–H groups in total. The van der Waals surface area contributed by atoms with E-state index in [2.05, 4.69) is 0 Å². The maximum atomic E-state index is 12.5. The lowest BCUT2D eigenvalue weighted by Gasteiger charge is -2.21. The van der Waals surface area contributed by atoms with Crippen molar-refractivity contribution in [1.82, 2.24) is 4.31 Å². The molecule has 1 aromatic carbocycles. The van der Waals surface area contributed by atoms with Crippen molar-refractivity contribution in [2.45, 2.75) is 36.1 Å². The van der Waals surface area contributed by atoms with Crippen LogP contribution in [-0.4, -0.2) is 38.6 Å². The van der Waals surface area contributed by atoms with E-state index in [9.17, 15) is 8.42 Å². The van der Waals surface area contributed by atoms with Gasteiger partial charge in [0.1, 0.15) is 0 Å². The Morgan fingerprint density at radius 1 is 1.36 bits per heavy atom. The highest BCUT2D eigenvalue weighted by atomic mass is 35.5. The Bertz CT molecular complexity index is 580. The van der Waals surface area contributed by atoms with Crippen LogP contribution < -0.4 is 5.73 Å². The third kappa shape index (κ3) is 5.58. The van der Waals surface area contributed by atoms with Crippen LogP contribution in [-0.2, 0) is 10.0 Å². The van der Waals surface area contributed by atoms with Crippen molar-refractivity contribution < 1.29 is 8.42 Å². The van der Waals surface area contributed by atoms with Gasteiger partial charge in [0.05, 0.1) is 9.92 Å². The van der Waals surface area contributed by atoms with Crippen LogP contribution in [0.1, 0.15) is 20.3 Å². The van der Waals surface area contributed by atoms with Crippen molar-refractivity contribution in [3.05, 3.63) is 23.2 Å². The number of halogens is 2. The topological polar surface area (TPSA) is 63.4 Å². The molecule has 0 aliphatic rings. The molecule has 0 aliphatic heterocycles. The number of benzene rings is 1. The summed E-state index contributed by atoms with van der Waals surface area (Å²) in [5.74, 6) is 0.330. The smallest absolute Gasteiger partial charge is 0.242 e. The first-order valence-corrected chi connectivity index (χ1v) is 9.80. The maximum absolute atomic E-state index is 12.5. The number of thioether (sulfide) groups is 1. The molecule has 128 valence electrons. The monoisotopic (exact) mass is 386 g/mol. The zero-order valence-corrected chi connectivity index (χ0v) is 16.5. The first kappa shape index (κ1) is 22.0. The second-order valence-electron chi connectivity index (χ2n) is 5.32. The number of hydrogen-bond acceptors (Lipinski definition) is 4. The molecule has 1 atom stereocenters. The van der Waals surface area contributed by atoms with E-state index in [1.165, 1.54) is 22.1 Å². The second kappa shape index (κ2) is 9.35. The largest absolute Gasteiger partial charge is 0.327 e. The maximum Gasteiger partial charge on any atom is 0.242 e. The zero-order valence-electron chi connectivity index (χ0n) is 13.2. The fourth-order valence-electron chi connectivity index (χ4n) is 1.77. The molecule has 0 saturated carbocycles. The van der Waals surface area contributed by atoms with Gasteiger partial charge in [0.15, 0.2) is 0 Å². The Morgan fingerprint density at radius 2 is 1.95 bits per heavy atom. The molecule has 0 bridgehead atoms. The number of sulfonamides is 1. The van der Waals surface area contributed by atoms with Gasteiger partial charge in [-0.15, -0.1) is 24.2 Å². The summed E-state index contributed by atoms with van der Waals surface area (Å²) in [6, 6.07) is 4.81. The highest BCUT2D eigenvalue weighted by molar-refractivity contribution is 7.98. The van der Waals surface area contributed by atoms with Crippen LogP contribution >= 0.6 is 35.8 Å². The van der Waals surface area contributed by atoms with E-state index >= 15 is 0 Å². The van der Waals surface area contributed by atoms with Crippen LogP contribution in [0.4, 0.5) is 0 Å². The molecule has 8 heteroatoms. The van der Waals surface area contributed by atoms with Crippen LogP contribution in [0.15, 0.2) is 28.0 Å². The Morgan fingerprint density at radius 3 is 2.41 bits per heavy atom. The minimum Gasteiger partial charge on any atom is -0.327 e. The van der Waals surface area contributed by atoms with E-state index in [0.717, 1.165) is 4.90 Å². The Balaban J connectivity index is 0.00000441. The van der Waals surface area contributed by atoms with E-state index in [0.29, 0.717) is 23.9 Å². The van der Waals surface area contributed by atoms with Crippen molar-refractivity contribution in [2.24, 2.45) is 11.7 Å². The normalized spacial score (nSPS) is 13.3. The molecule has 1 unspecified atom stereocenters. The molecule has 4 nitrogen and oxygen atoms in total. The highest BCUT2D eigenvalue weighted by Crippen LogP contribution is 2.28. The number of nitrogens with zero attached hydrogens (tertiary/aromatic N) is 1. The summed E-state index contributed by atoms with van der Waals surface area (Å²) in [7, 11) is -1.96. The Kier molecular flexibility index (Phi) is 9.36. The fraction of sp³-hybridized carbons (Fsp3) is 0.571. The molecule has 0 amide bonds. The van der Waals surface area contributed by atoms with E-state index in [4.69, 9.17) is 17.3 Å². The van der Waals surface area contributed by atoms with Gasteiger partial charge in [-0.05, 0) is 36.8 Å². The molecule has 0 heterocycles. The van der Waals surface area contributed by atoms with E-state index < -0.39 is 10.0 Å². The van der Waals surface area contributed by atoms with Crippen molar-refractivity contribution in [1.29, 1.82) is 0 Å². The Hall–Kier alpha value is 0.0200. The van der Waals surface area contributed by atoms with Gasteiger partial charge >= 0.3 is 0 Å². The van der Waals surface area contributed by atoms with Gasteiger partial charge in [-0.25, -0.2) is 12.7 Å². The molecule has 1 rings (SSSR count). The predicted octanol–water partition coefficient (Wildman–Crippen LogP) is 3.48. The highest BCUT2D eigenvalue weighted by Gasteiger charge is 2.22. The van der Waals surface area contributed by atoms with E-state index in [1.54, 1.807) is 19.2 Å². The standard InChI is InChI=1S/C14H23ClN2O2S2.ClH/c1-10(2)13(16)7-8-17(3)21(18,19)11-5-6-14(20-4)12(15)9-11;/h5-6,9-10,13H,7-8,16H2,1-4H3;1H. The molecule has 0 spiro atoms. The van der Waals surface area contributed by atoms with Crippen molar-refractivity contribution in [3.63, 3.8) is 0 Å². The van der Waals surface area contributed by atoms with Gasteiger partial charge < -0.3 is 5.73 Å². The molecule has 22 heavy (non-hydrogen) atoms. The van der Waals surface area contributed by atoms with Gasteiger partial charge in [0.2, 0.25) is 10.0 Å². The molecule has 0 aromatic heterocycles. The van der Waals surface area contributed by atoms with Crippen molar-refractivity contribution in [2.75, 3.05) is 19.8 Å². The van der Waals surface area contributed by atoms with Gasteiger partial charge in [-0.2, -0.15) is 0 Å². The molecular weight excluding hydrogens is 363 g/mol. The summed E-state index contributed by atoms with van der Waals surface area (Å²) in [5.41, 5.74) is 5.96. The van der Waals surface area contributed by atoms with Crippen LogP contribution in [0, 0.1) is 5.92 Å². The van der Waals surface area contributed by atoms with E-state index in [1.807, 2.05) is 20.1 Å². The summed E-state index contributed by atoms with van der Waals surface area (Å²) in [6.45, 7) is 4.45. The van der Waals surface area contributed by atoms with Crippen LogP contribution in [0.25, 0.3) is 0 Å². The lowest BCUT2D eigenvalue weighted by molar-refractivity contribution is 0.397. The average molecular weight is 387 g/mol. The van der Waals surface area contributed by atoms with Gasteiger partial charge in [-0.1, -0.05) is 25.4 Å². The first-order chi connectivity index (χ1) is 9.70. The summed E-state index contributed by atoms with van der Waals surface area (Å²) in [4.78, 5) is 1.08. The third-order valence-corrected chi connectivity index (χ3v) is 6.54. The molecule has 0 aliphatic carbocycles. The minimum absolute atomic E-state index is 0. The lowest BCUT2D eigenvalue weighted by atomic mass is 10.0. The molecular formula is C14H24Cl2N2O2S2. The predicted molar refractivity (Wildman–Crippen MR) is 97.7 cm³/mol. The summed E-state index contributed by atoms with van der Waals surface area (Å²) >= 11 is 7.57. The van der Waals surface area contributed by atoms with Crippen LogP contribution in [0.2, 0.25) is 5.02 Å². The molecule has 0 radical (unpaired) electrons. The van der Waals surface area contributed by atoms with Gasteiger partial charge in [-0.3, -0.25) is 0 Å². The second-order valence-corrected chi connectivity index (χ2v) is 8.62. The lowest BCUT2D eigenvalue weighted by Crippen LogP contribution is -2.34. The number of nitrogens with two attached hydrogens (primary N) is 1. The van der Waals surface area contributed by atoms with Gasteiger partial charge in [0, 0.05) is 24.5 Å². The van der Waals surface area contributed by atoms with E-state index in [-0.39, 0.29) is 23.3 Å². The van der Waals surface area contributed by atoms with Crippen molar-refractivity contribution >= 4 is 45.8 Å². The quantitative estimate of drug-likeness (QED) is 0.728. The van der Waals surface area contributed by atoms with Crippen LogP contribution in [0.3, 0.4) is 0 Å². The zero-order chi connectivity index (χ0) is 16.2. The molecule has 1 aromatic rings. The fourth-order valence-corrected chi connectivity index (χ4v) is 3.92. The van der Waals surface area contributed by atoms with Gasteiger partial charge in [0.25, 0.3) is 0 Å². The molecule has 0 fully saturated rings. The SMILES string of the molecule is CSc1ccc(S(=O)(=O)N(C)CCC(N)C(C)C)cc1Cl.Cl. The summed E-state index contributed by atoms with van der Waals surface area (Å²) in [5, 5.41) is 0.454. The van der Waals surface area contributed by atoms with Crippen LogP contribution in [0.5, 0.6) is 0 Å². The first-order valence-electron chi connectivity index (χ1n) is 6.75.